The van der Waals surface area contributed by atoms with Crippen molar-refractivity contribution >= 4 is 58.0 Å². The van der Waals surface area contributed by atoms with Gasteiger partial charge in [-0.05, 0) is 35.9 Å². The molecule has 6 nitrogen and oxygen atoms in total. The Morgan fingerprint density at radius 2 is 1.49 bits per heavy atom. The lowest BCUT2D eigenvalue weighted by Gasteiger charge is -2.13. The maximum atomic E-state index is 14.6. The lowest BCUT2D eigenvalue weighted by Crippen LogP contribution is -2.20. The zero-order valence-corrected chi connectivity index (χ0v) is 22.9. The Morgan fingerprint density at radius 3 is 2.12 bits per heavy atom. The average Bonchev–Trinajstić information content (AvgIpc) is 3.47. The molecular weight excluding hydrogens is 637 g/mol. The van der Waals surface area contributed by atoms with Gasteiger partial charge in [-0.25, -0.2) is 22.0 Å². The molecule has 3 aromatic rings. The molecule has 1 aliphatic carbocycles. The Balaban J connectivity index is 1.52. The van der Waals surface area contributed by atoms with E-state index in [1.807, 2.05) is 5.32 Å². The van der Waals surface area contributed by atoms with Crippen LogP contribution in [0.5, 0.6) is 0 Å². The lowest BCUT2D eigenvalue weighted by molar-refractivity contribution is -0.140. The van der Waals surface area contributed by atoms with E-state index in [4.69, 9.17) is 23.2 Å². The molecule has 1 aliphatic rings. The van der Waals surface area contributed by atoms with E-state index in [-0.39, 0.29) is 5.56 Å². The number of anilines is 3. The molecule has 0 bridgehead atoms. The summed E-state index contributed by atoms with van der Waals surface area (Å²) in [5, 5.41) is 6.14. The fourth-order valence-electron chi connectivity index (χ4n) is 4.40. The van der Waals surface area contributed by atoms with Crippen molar-refractivity contribution in [3.05, 3.63) is 88.2 Å². The number of rotatable bonds is 7. The van der Waals surface area contributed by atoms with Gasteiger partial charge in [-0.3, -0.25) is 14.4 Å². The van der Waals surface area contributed by atoms with E-state index in [0.717, 1.165) is 31.2 Å². The molecule has 43 heavy (non-hydrogen) atoms. The summed E-state index contributed by atoms with van der Waals surface area (Å²) in [7, 11) is 0. The normalized spacial score (nSPS) is 17.3. The van der Waals surface area contributed by atoms with Crippen LogP contribution in [-0.2, 0) is 27.0 Å². The summed E-state index contributed by atoms with van der Waals surface area (Å²) in [6.45, 7) is 1.06. The van der Waals surface area contributed by atoms with E-state index in [2.05, 4.69) is 10.6 Å². The summed E-state index contributed by atoms with van der Waals surface area (Å²) >= 11 is 12.3. The second kappa shape index (κ2) is 11.6. The summed E-state index contributed by atoms with van der Waals surface area (Å²) in [4.78, 5) is 36.6. The first-order chi connectivity index (χ1) is 19.9. The Morgan fingerprint density at radius 1 is 0.837 bits per heavy atom. The number of carbonyl (C=O) groups excluding carboxylic acids is 3. The fourth-order valence-corrected chi connectivity index (χ4v) is 5.23. The highest BCUT2D eigenvalue weighted by atomic mass is 35.5. The van der Waals surface area contributed by atoms with E-state index in [0.29, 0.717) is 18.2 Å². The molecule has 3 amide bonds. The van der Waals surface area contributed by atoms with Crippen molar-refractivity contribution in [2.75, 3.05) is 16.0 Å². The molecule has 1 fully saturated rings. The van der Waals surface area contributed by atoms with E-state index >= 15 is 0 Å². The van der Waals surface area contributed by atoms with Gasteiger partial charge in [0.15, 0.2) is 17.5 Å². The second-order valence-corrected chi connectivity index (χ2v) is 10.9. The van der Waals surface area contributed by atoms with Gasteiger partial charge in [0, 0.05) is 30.2 Å². The zero-order valence-electron chi connectivity index (χ0n) is 21.4. The minimum Gasteiger partial charge on any atom is -0.326 e. The first-order valence-corrected chi connectivity index (χ1v) is 12.8. The number of hydrogen-bond donors (Lipinski definition) is 3. The topological polar surface area (TPSA) is 87.3 Å². The van der Waals surface area contributed by atoms with Crippen molar-refractivity contribution in [3.8, 4) is 0 Å². The smallest absolute Gasteiger partial charge is 0.326 e. The van der Waals surface area contributed by atoms with Crippen molar-refractivity contribution in [2.45, 2.75) is 29.8 Å². The van der Waals surface area contributed by atoms with Crippen LogP contribution in [-0.4, -0.2) is 22.1 Å². The number of amides is 3. The standard InChI is InChI=1S/C27H17Cl2F8N3O3/c1-10(41)38-18-5-4-16(31)24(23(18)34)40-19(42)8-12-6-13(9-17(32)22(12)33)39-25(43)21-20(26(21,28)29)11-2-3-15(30)14(7-11)27(35,36)37/h2-7,9,20-21H,8H2,1H3,(H,38,41)(H,39,43)(H,40,42)/t20-,21+/m0/s1. The first kappa shape index (κ1) is 32.0. The second-order valence-electron chi connectivity index (χ2n) is 9.48. The van der Waals surface area contributed by atoms with Gasteiger partial charge in [0.2, 0.25) is 17.7 Å². The molecule has 0 aliphatic heterocycles. The van der Waals surface area contributed by atoms with Crippen LogP contribution in [0.15, 0.2) is 42.5 Å². The molecule has 0 unspecified atom stereocenters. The maximum absolute atomic E-state index is 14.6. The SMILES string of the molecule is CC(=O)Nc1ccc(F)c(NC(=O)Cc2cc(NC(=O)[C@H]3[C@H](c4ccc(F)c(C(F)(F)F)c4)C3(Cl)Cl)cc(F)c2F)c1F. The third kappa shape index (κ3) is 6.69. The van der Waals surface area contributed by atoms with Crippen molar-refractivity contribution in [3.63, 3.8) is 0 Å². The van der Waals surface area contributed by atoms with Gasteiger partial charge in [0.25, 0.3) is 0 Å². The van der Waals surface area contributed by atoms with Crippen molar-refractivity contribution < 1.29 is 49.5 Å². The van der Waals surface area contributed by atoms with E-state index < -0.39 is 104 Å². The molecule has 0 radical (unpaired) electrons. The first-order valence-electron chi connectivity index (χ1n) is 12.0. The molecule has 0 saturated heterocycles. The number of nitrogens with one attached hydrogen (secondary N) is 3. The predicted octanol–water partition coefficient (Wildman–Crippen LogP) is 7.07. The van der Waals surface area contributed by atoms with Crippen LogP contribution >= 0.6 is 23.2 Å². The zero-order chi connectivity index (χ0) is 32.0. The van der Waals surface area contributed by atoms with Crippen LogP contribution < -0.4 is 16.0 Å². The minimum absolute atomic E-state index is 0.205. The maximum Gasteiger partial charge on any atom is 0.419 e. The third-order valence-corrected chi connectivity index (χ3v) is 7.32. The minimum atomic E-state index is -5.05. The van der Waals surface area contributed by atoms with Crippen LogP contribution in [0.25, 0.3) is 0 Å². The third-order valence-electron chi connectivity index (χ3n) is 6.38. The quantitative estimate of drug-likeness (QED) is 0.188. The molecular formula is C27H17Cl2F8N3O3. The summed E-state index contributed by atoms with van der Waals surface area (Å²) in [5.41, 5.74) is -4.32. The predicted molar refractivity (Wildman–Crippen MR) is 140 cm³/mol. The van der Waals surface area contributed by atoms with Gasteiger partial charge in [-0.15, -0.1) is 23.2 Å². The highest BCUT2D eigenvalue weighted by molar-refractivity contribution is 6.53. The molecule has 0 aromatic heterocycles. The molecule has 3 N–H and O–H groups in total. The number of benzene rings is 3. The fraction of sp³-hybridized carbons (Fsp3) is 0.222. The average molecular weight is 654 g/mol. The monoisotopic (exact) mass is 653 g/mol. The Kier molecular flexibility index (Phi) is 8.67. The summed E-state index contributed by atoms with van der Waals surface area (Å²) in [6.07, 6.45) is -6.03. The van der Waals surface area contributed by atoms with Gasteiger partial charge < -0.3 is 16.0 Å². The highest BCUT2D eigenvalue weighted by Gasteiger charge is 2.67. The van der Waals surface area contributed by atoms with E-state index in [9.17, 15) is 49.5 Å². The molecule has 2 atom stereocenters. The molecule has 3 aromatic carbocycles. The summed E-state index contributed by atoms with van der Waals surface area (Å²) < 4.78 is 109. The van der Waals surface area contributed by atoms with Crippen LogP contribution in [0.2, 0.25) is 0 Å². The van der Waals surface area contributed by atoms with Crippen molar-refractivity contribution in [2.24, 2.45) is 5.92 Å². The van der Waals surface area contributed by atoms with Gasteiger partial charge in [-0.1, -0.05) is 6.07 Å². The van der Waals surface area contributed by atoms with Crippen molar-refractivity contribution in [1.29, 1.82) is 0 Å². The molecule has 4 rings (SSSR count). The van der Waals surface area contributed by atoms with E-state index in [1.54, 1.807) is 0 Å². The van der Waals surface area contributed by atoms with Crippen LogP contribution in [0, 0.1) is 35.0 Å². The Labute approximate surface area is 247 Å². The number of alkyl halides is 5. The molecule has 0 heterocycles. The number of hydrogen-bond acceptors (Lipinski definition) is 3. The lowest BCUT2D eigenvalue weighted by atomic mass is 10.0. The van der Waals surface area contributed by atoms with Gasteiger partial charge >= 0.3 is 6.18 Å². The summed E-state index contributed by atoms with van der Waals surface area (Å²) in [5.74, 6) is -12.7. The molecule has 1 saturated carbocycles. The Hall–Kier alpha value is -3.91. The van der Waals surface area contributed by atoms with Gasteiger partial charge in [0.05, 0.1) is 23.6 Å². The van der Waals surface area contributed by atoms with Gasteiger partial charge in [0.1, 0.15) is 21.7 Å². The van der Waals surface area contributed by atoms with Crippen LogP contribution in [0.4, 0.5) is 52.2 Å². The number of carbonyl (C=O) groups is 3. The molecule has 0 spiro atoms. The highest BCUT2D eigenvalue weighted by Crippen LogP contribution is 2.65. The largest absolute Gasteiger partial charge is 0.419 e. The van der Waals surface area contributed by atoms with E-state index in [1.165, 1.54) is 0 Å². The van der Waals surface area contributed by atoms with Gasteiger partial charge in [-0.2, -0.15) is 13.2 Å². The van der Waals surface area contributed by atoms with Crippen LogP contribution in [0.1, 0.15) is 29.5 Å². The van der Waals surface area contributed by atoms with Crippen molar-refractivity contribution in [1.82, 2.24) is 0 Å². The van der Waals surface area contributed by atoms with Crippen LogP contribution in [0.3, 0.4) is 0 Å². The summed E-state index contributed by atoms with van der Waals surface area (Å²) in [6, 6.07) is 4.97. The number of halogens is 10. The molecule has 16 heteroatoms. The molecule has 228 valence electrons. The Bertz CT molecular complexity index is 1650.